The number of nitrogens with zero attached hydrogens (tertiary/aromatic N) is 1. The van der Waals surface area contributed by atoms with Crippen molar-refractivity contribution < 1.29 is 9.53 Å². The SMILES string of the molecule is COC(=O)Nc1ccc(CNc2nc3ccccc3c(=O)[nH]2)cc1. The summed E-state index contributed by atoms with van der Waals surface area (Å²) in [6.45, 7) is 0.486. The Kier molecular flexibility index (Phi) is 4.42. The van der Waals surface area contributed by atoms with Gasteiger partial charge in [-0.2, -0.15) is 0 Å². The number of anilines is 2. The van der Waals surface area contributed by atoms with E-state index in [0.717, 1.165) is 5.56 Å². The Morgan fingerprint density at radius 3 is 2.67 bits per heavy atom. The normalized spacial score (nSPS) is 10.4. The highest BCUT2D eigenvalue weighted by Crippen LogP contribution is 2.12. The van der Waals surface area contributed by atoms with Crippen molar-refractivity contribution in [3.05, 3.63) is 64.4 Å². The molecule has 0 atom stereocenters. The van der Waals surface area contributed by atoms with E-state index in [1.807, 2.05) is 18.2 Å². The summed E-state index contributed by atoms with van der Waals surface area (Å²) in [6.07, 6.45) is -0.515. The van der Waals surface area contributed by atoms with E-state index >= 15 is 0 Å². The van der Waals surface area contributed by atoms with Gasteiger partial charge in [0, 0.05) is 12.2 Å². The van der Waals surface area contributed by atoms with Gasteiger partial charge in [0.1, 0.15) is 0 Å². The van der Waals surface area contributed by atoms with Crippen LogP contribution < -0.4 is 16.2 Å². The molecular weight excluding hydrogens is 308 g/mol. The second-order valence-corrected chi connectivity index (χ2v) is 5.10. The van der Waals surface area contributed by atoms with Crippen LogP contribution in [0.3, 0.4) is 0 Å². The number of methoxy groups -OCH3 is 1. The van der Waals surface area contributed by atoms with E-state index in [-0.39, 0.29) is 5.56 Å². The fourth-order valence-corrected chi connectivity index (χ4v) is 2.23. The topological polar surface area (TPSA) is 96.1 Å². The molecule has 122 valence electrons. The number of fused-ring (bicyclic) bond motifs is 1. The number of nitrogens with one attached hydrogen (secondary N) is 3. The van der Waals surface area contributed by atoms with E-state index in [1.165, 1.54) is 7.11 Å². The highest BCUT2D eigenvalue weighted by molar-refractivity contribution is 5.84. The molecule has 0 saturated heterocycles. The molecule has 24 heavy (non-hydrogen) atoms. The van der Waals surface area contributed by atoms with Gasteiger partial charge >= 0.3 is 6.09 Å². The van der Waals surface area contributed by atoms with Crippen LogP contribution in [0.25, 0.3) is 10.9 Å². The molecule has 1 amide bonds. The third-order valence-corrected chi connectivity index (χ3v) is 3.46. The van der Waals surface area contributed by atoms with Crippen molar-refractivity contribution in [2.45, 2.75) is 6.54 Å². The van der Waals surface area contributed by atoms with Gasteiger partial charge in [-0.15, -0.1) is 0 Å². The summed E-state index contributed by atoms with van der Waals surface area (Å²) in [5, 5.41) is 6.22. The summed E-state index contributed by atoms with van der Waals surface area (Å²) in [5.74, 6) is 0.412. The van der Waals surface area contributed by atoms with Gasteiger partial charge in [-0.05, 0) is 29.8 Å². The van der Waals surface area contributed by atoms with Crippen LogP contribution >= 0.6 is 0 Å². The van der Waals surface area contributed by atoms with E-state index in [0.29, 0.717) is 29.1 Å². The first-order valence-electron chi connectivity index (χ1n) is 7.32. The van der Waals surface area contributed by atoms with Crippen LogP contribution in [-0.4, -0.2) is 23.2 Å². The molecular formula is C17H16N4O3. The zero-order valence-corrected chi connectivity index (χ0v) is 13.0. The summed E-state index contributed by atoms with van der Waals surface area (Å²) < 4.78 is 4.53. The zero-order valence-electron chi connectivity index (χ0n) is 13.0. The Morgan fingerprint density at radius 2 is 1.92 bits per heavy atom. The lowest BCUT2D eigenvalue weighted by molar-refractivity contribution is 0.187. The third kappa shape index (κ3) is 3.52. The minimum atomic E-state index is -0.515. The lowest BCUT2D eigenvalue weighted by atomic mass is 10.2. The molecule has 7 nitrogen and oxygen atoms in total. The first-order chi connectivity index (χ1) is 11.7. The maximum Gasteiger partial charge on any atom is 0.411 e. The molecule has 3 aromatic rings. The van der Waals surface area contributed by atoms with Crippen LogP contribution in [0, 0.1) is 0 Å². The van der Waals surface area contributed by atoms with Crippen molar-refractivity contribution in [1.82, 2.24) is 9.97 Å². The number of hydrogen-bond acceptors (Lipinski definition) is 5. The van der Waals surface area contributed by atoms with Gasteiger partial charge in [0.25, 0.3) is 5.56 Å². The fourth-order valence-electron chi connectivity index (χ4n) is 2.23. The van der Waals surface area contributed by atoms with Crippen molar-refractivity contribution >= 4 is 28.6 Å². The number of benzene rings is 2. The number of rotatable bonds is 4. The summed E-state index contributed by atoms with van der Waals surface area (Å²) in [7, 11) is 1.31. The summed E-state index contributed by atoms with van der Waals surface area (Å²) >= 11 is 0. The van der Waals surface area contributed by atoms with Gasteiger partial charge in [-0.1, -0.05) is 24.3 Å². The van der Waals surface area contributed by atoms with Crippen molar-refractivity contribution in [1.29, 1.82) is 0 Å². The Balaban J connectivity index is 1.69. The van der Waals surface area contributed by atoms with Crippen LogP contribution in [0.4, 0.5) is 16.4 Å². The molecule has 2 aromatic carbocycles. The Bertz CT molecular complexity index is 919. The monoisotopic (exact) mass is 324 g/mol. The molecule has 1 heterocycles. The maximum absolute atomic E-state index is 12.0. The average Bonchev–Trinajstić information content (AvgIpc) is 2.61. The molecule has 1 aromatic heterocycles. The molecule has 0 radical (unpaired) electrons. The number of para-hydroxylation sites is 1. The Labute approximate surface area is 137 Å². The lowest BCUT2D eigenvalue weighted by Crippen LogP contribution is -2.13. The van der Waals surface area contributed by atoms with Crippen LogP contribution in [0.5, 0.6) is 0 Å². The van der Waals surface area contributed by atoms with Crippen molar-refractivity contribution in [2.75, 3.05) is 17.7 Å². The Morgan fingerprint density at radius 1 is 1.17 bits per heavy atom. The van der Waals surface area contributed by atoms with Gasteiger partial charge < -0.3 is 10.1 Å². The summed E-state index contributed by atoms with van der Waals surface area (Å²) in [5.41, 5.74) is 2.08. The molecule has 3 rings (SSSR count). The van der Waals surface area contributed by atoms with Gasteiger partial charge in [0.05, 0.1) is 18.0 Å². The standard InChI is InChI=1S/C17H16N4O3/c1-24-17(23)19-12-8-6-11(7-9-12)10-18-16-20-14-5-3-2-4-13(14)15(22)21-16/h2-9H,10H2,1H3,(H,19,23)(H2,18,20,21,22). The van der Waals surface area contributed by atoms with E-state index in [2.05, 4.69) is 25.3 Å². The second-order valence-electron chi connectivity index (χ2n) is 5.10. The predicted octanol–water partition coefficient (Wildman–Crippen LogP) is 2.71. The van der Waals surface area contributed by atoms with Gasteiger partial charge in [0.15, 0.2) is 0 Å². The van der Waals surface area contributed by atoms with Gasteiger partial charge in [0.2, 0.25) is 5.95 Å². The van der Waals surface area contributed by atoms with Crippen LogP contribution in [0.1, 0.15) is 5.56 Å². The molecule has 0 aliphatic heterocycles. The molecule has 0 unspecified atom stereocenters. The Hall–Kier alpha value is -3.35. The highest BCUT2D eigenvalue weighted by Gasteiger charge is 2.04. The van der Waals surface area contributed by atoms with Gasteiger partial charge in [-0.25, -0.2) is 9.78 Å². The number of amides is 1. The first-order valence-corrected chi connectivity index (χ1v) is 7.32. The molecule has 0 bridgehead atoms. The minimum Gasteiger partial charge on any atom is -0.453 e. The fraction of sp³-hybridized carbons (Fsp3) is 0.118. The summed E-state index contributed by atoms with van der Waals surface area (Å²) in [6, 6.07) is 14.4. The van der Waals surface area contributed by atoms with Crippen molar-refractivity contribution in [2.24, 2.45) is 0 Å². The average molecular weight is 324 g/mol. The van der Waals surface area contributed by atoms with E-state index in [9.17, 15) is 9.59 Å². The second kappa shape index (κ2) is 6.82. The largest absolute Gasteiger partial charge is 0.453 e. The van der Waals surface area contributed by atoms with E-state index in [1.54, 1.807) is 30.3 Å². The molecule has 0 aliphatic rings. The summed E-state index contributed by atoms with van der Waals surface area (Å²) in [4.78, 5) is 30.2. The molecule has 0 spiro atoms. The number of ether oxygens (including phenoxy) is 1. The number of H-pyrrole nitrogens is 1. The molecule has 3 N–H and O–H groups in total. The smallest absolute Gasteiger partial charge is 0.411 e. The molecule has 0 aliphatic carbocycles. The number of aromatic nitrogens is 2. The number of hydrogen-bond donors (Lipinski definition) is 3. The van der Waals surface area contributed by atoms with Crippen LogP contribution in [-0.2, 0) is 11.3 Å². The number of carbonyl (C=O) groups excluding carboxylic acids is 1. The van der Waals surface area contributed by atoms with Crippen LogP contribution in [0.15, 0.2) is 53.3 Å². The van der Waals surface area contributed by atoms with Crippen molar-refractivity contribution in [3.8, 4) is 0 Å². The molecule has 0 saturated carbocycles. The van der Waals surface area contributed by atoms with Crippen molar-refractivity contribution in [3.63, 3.8) is 0 Å². The first kappa shape index (κ1) is 15.5. The third-order valence-electron chi connectivity index (χ3n) is 3.46. The minimum absolute atomic E-state index is 0.180. The van der Waals surface area contributed by atoms with E-state index in [4.69, 9.17) is 0 Å². The highest BCUT2D eigenvalue weighted by atomic mass is 16.5. The van der Waals surface area contributed by atoms with E-state index < -0.39 is 6.09 Å². The molecule has 0 fully saturated rings. The number of carbonyl (C=O) groups is 1. The lowest BCUT2D eigenvalue weighted by Gasteiger charge is -2.08. The van der Waals surface area contributed by atoms with Gasteiger partial charge in [-0.3, -0.25) is 15.1 Å². The molecule has 7 heteroatoms. The van der Waals surface area contributed by atoms with Crippen LogP contribution in [0.2, 0.25) is 0 Å². The predicted molar refractivity (Wildman–Crippen MR) is 92.2 cm³/mol. The number of aromatic amines is 1. The maximum atomic E-state index is 12.0. The zero-order chi connectivity index (χ0) is 16.9. The quantitative estimate of drug-likeness (QED) is 0.686.